The molecule has 2 fully saturated rings. The number of rotatable bonds is 6. The molecule has 0 radical (unpaired) electrons. The summed E-state index contributed by atoms with van der Waals surface area (Å²) in [6.45, 7) is 14.0. The van der Waals surface area contributed by atoms with Crippen molar-refractivity contribution in [2.24, 2.45) is 0 Å². The summed E-state index contributed by atoms with van der Waals surface area (Å²) in [5.41, 5.74) is 3.76. The van der Waals surface area contributed by atoms with Gasteiger partial charge in [-0.1, -0.05) is 36.9 Å². The third kappa shape index (κ3) is 6.80. The van der Waals surface area contributed by atoms with E-state index in [4.69, 9.17) is 14.7 Å². The highest BCUT2D eigenvalue weighted by molar-refractivity contribution is 5.97. The highest BCUT2D eigenvalue weighted by Gasteiger charge is 2.36. The molecule has 11 heteroatoms. The SMILES string of the molecule is C=C(F)C(=O)N1CCN(c2nc(C[C@@H]3CCCN3C(=O)OC(C)(C)C)nc3c2CCN(c2cccc4cccc(C)c24)C3)C[C@@H]1CC#N. The van der Waals surface area contributed by atoms with Gasteiger partial charge in [-0.2, -0.15) is 5.26 Å². The molecule has 0 spiro atoms. The largest absolute Gasteiger partial charge is 0.444 e. The molecule has 10 nitrogen and oxygen atoms in total. The van der Waals surface area contributed by atoms with Crippen molar-refractivity contribution < 1.29 is 18.7 Å². The first-order valence-corrected chi connectivity index (χ1v) is 16.8. The molecular weight excluding hydrogens is 609 g/mol. The Balaban J connectivity index is 1.36. The zero-order valence-corrected chi connectivity index (χ0v) is 28.3. The number of benzene rings is 2. The molecule has 0 N–H and O–H groups in total. The van der Waals surface area contributed by atoms with Crippen LogP contribution in [0, 0.1) is 18.3 Å². The first kappa shape index (κ1) is 33.2. The molecule has 0 aliphatic carbocycles. The lowest BCUT2D eigenvalue weighted by atomic mass is 9.99. The average molecular weight is 654 g/mol. The van der Waals surface area contributed by atoms with Crippen LogP contribution in [0.2, 0.25) is 0 Å². The van der Waals surface area contributed by atoms with E-state index in [-0.39, 0.29) is 25.1 Å². The molecule has 3 aromatic rings. The molecule has 2 atom stereocenters. The quantitative estimate of drug-likeness (QED) is 0.305. The van der Waals surface area contributed by atoms with Crippen LogP contribution in [-0.2, 0) is 28.9 Å². The minimum atomic E-state index is -1.03. The van der Waals surface area contributed by atoms with E-state index in [9.17, 15) is 19.2 Å². The predicted octanol–water partition coefficient (Wildman–Crippen LogP) is 5.86. The fraction of sp³-hybridized carbons (Fsp3) is 0.486. The molecule has 4 heterocycles. The molecule has 3 aliphatic rings. The van der Waals surface area contributed by atoms with Gasteiger partial charge in [-0.05, 0) is 64.0 Å². The number of hydrogen-bond acceptors (Lipinski definition) is 8. The molecule has 2 aromatic carbocycles. The van der Waals surface area contributed by atoms with Crippen molar-refractivity contribution in [2.45, 2.75) is 84.0 Å². The Kier molecular flexibility index (Phi) is 9.28. The highest BCUT2D eigenvalue weighted by Crippen LogP contribution is 2.36. The molecule has 6 rings (SSSR count). The van der Waals surface area contributed by atoms with Gasteiger partial charge in [-0.15, -0.1) is 0 Å². The summed E-state index contributed by atoms with van der Waals surface area (Å²) in [6, 6.07) is 14.3. The normalized spacial score (nSPS) is 19.7. The zero-order chi connectivity index (χ0) is 34.2. The van der Waals surface area contributed by atoms with Crippen LogP contribution in [0.3, 0.4) is 0 Å². The van der Waals surface area contributed by atoms with E-state index < -0.39 is 23.4 Å². The number of halogens is 1. The molecule has 48 heavy (non-hydrogen) atoms. The number of aryl methyl sites for hydroxylation is 1. The number of nitrogens with zero attached hydrogens (tertiary/aromatic N) is 7. The first-order chi connectivity index (χ1) is 22.9. The van der Waals surface area contributed by atoms with E-state index in [1.54, 1.807) is 4.90 Å². The molecular formula is C37H44FN7O3. The molecule has 0 bridgehead atoms. The maximum Gasteiger partial charge on any atom is 0.410 e. The Hall–Kier alpha value is -4.72. The van der Waals surface area contributed by atoms with Crippen molar-refractivity contribution >= 4 is 34.3 Å². The number of aromatic nitrogens is 2. The van der Waals surface area contributed by atoms with Crippen molar-refractivity contribution in [3.8, 4) is 6.07 Å². The van der Waals surface area contributed by atoms with Gasteiger partial charge in [-0.25, -0.2) is 19.2 Å². The van der Waals surface area contributed by atoms with Crippen LogP contribution < -0.4 is 9.80 Å². The predicted molar refractivity (Wildman–Crippen MR) is 183 cm³/mol. The monoisotopic (exact) mass is 653 g/mol. The summed E-state index contributed by atoms with van der Waals surface area (Å²) >= 11 is 0. The first-order valence-electron chi connectivity index (χ1n) is 16.8. The van der Waals surface area contributed by atoms with Crippen molar-refractivity contribution in [3.05, 3.63) is 71.4 Å². The molecule has 1 aromatic heterocycles. The van der Waals surface area contributed by atoms with Gasteiger partial charge in [0.1, 0.15) is 17.2 Å². The topological polar surface area (TPSA) is 106 Å². The summed E-state index contributed by atoms with van der Waals surface area (Å²) < 4.78 is 19.6. The molecule has 3 aliphatic heterocycles. The number of ether oxygens (including phenoxy) is 1. The lowest BCUT2D eigenvalue weighted by molar-refractivity contribution is -0.131. The van der Waals surface area contributed by atoms with Gasteiger partial charge in [0.05, 0.1) is 30.8 Å². The van der Waals surface area contributed by atoms with Crippen LogP contribution in [-0.4, -0.2) is 82.2 Å². The summed E-state index contributed by atoms with van der Waals surface area (Å²) in [6.07, 6.45) is 2.64. The number of amides is 2. The molecule has 2 saturated heterocycles. The molecule has 0 saturated carbocycles. The van der Waals surface area contributed by atoms with Crippen molar-refractivity contribution in [1.82, 2.24) is 19.8 Å². The van der Waals surface area contributed by atoms with Gasteiger partial charge in [0.2, 0.25) is 0 Å². The zero-order valence-electron chi connectivity index (χ0n) is 28.3. The van der Waals surface area contributed by atoms with Crippen LogP contribution >= 0.6 is 0 Å². The fourth-order valence-corrected chi connectivity index (χ4v) is 7.36. The maximum absolute atomic E-state index is 13.9. The Bertz CT molecular complexity index is 1780. The van der Waals surface area contributed by atoms with Gasteiger partial charge in [0.15, 0.2) is 5.83 Å². The van der Waals surface area contributed by atoms with Crippen LogP contribution in [0.25, 0.3) is 10.8 Å². The second-order valence-corrected chi connectivity index (χ2v) is 14.0. The van der Waals surface area contributed by atoms with E-state index in [1.807, 2.05) is 20.8 Å². The summed E-state index contributed by atoms with van der Waals surface area (Å²) in [5, 5.41) is 12.0. The van der Waals surface area contributed by atoms with E-state index in [0.29, 0.717) is 44.8 Å². The number of hydrogen-bond donors (Lipinski definition) is 0. The number of fused-ring (bicyclic) bond motifs is 2. The minimum Gasteiger partial charge on any atom is -0.444 e. The van der Waals surface area contributed by atoms with Gasteiger partial charge in [-0.3, -0.25) is 4.79 Å². The smallest absolute Gasteiger partial charge is 0.410 e. The van der Waals surface area contributed by atoms with Crippen LogP contribution in [0.1, 0.15) is 62.7 Å². The van der Waals surface area contributed by atoms with E-state index >= 15 is 0 Å². The third-order valence-electron chi connectivity index (χ3n) is 9.55. The van der Waals surface area contributed by atoms with Crippen molar-refractivity contribution in [1.29, 1.82) is 5.26 Å². The molecule has 2 amide bonds. The number of carbonyl (C=O) groups excluding carboxylic acids is 2. The lowest BCUT2D eigenvalue weighted by Crippen LogP contribution is -2.56. The molecule has 252 valence electrons. The summed E-state index contributed by atoms with van der Waals surface area (Å²) in [4.78, 5) is 43.8. The van der Waals surface area contributed by atoms with E-state index in [1.165, 1.54) is 21.2 Å². The Morgan fingerprint density at radius 2 is 1.81 bits per heavy atom. The number of likely N-dealkylation sites (tertiary alicyclic amines) is 1. The van der Waals surface area contributed by atoms with Gasteiger partial charge < -0.3 is 24.3 Å². The van der Waals surface area contributed by atoms with Crippen molar-refractivity contribution in [3.63, 3.8) is 0 Å². The van der Waals surface area contributed by atoms with Crippen molar-refractivity contribution in [2.75, 3.05) is 42.5 Å². The van der Waals surface area contributed by atoms with Gasteiger partial charge in [0.25, 0.3) is 5.91 Å². The van der Waals surface area contributed by atoms with Gasteiger partial charge in [0, 0.05) is 61.8 Å². The number of anilines is 2. The van der Waals surface area contributed by atoms with Crippen LogP contribution in [0.15, 0.2) is 48.8 Å². The lowest BCUT2D eigenvalue weighted by Gasteiger charge is -2.42. The summed E-state index contributed by atoms with van der Waals surface area (Å²) in [5.74, 6) is -0.361. The average Bonchev–Trinajstić information content (AvgIpc) is 3.51. The number of nitriles is 1. The van der Waals surface area contributed by atoms with Gasteiger partial charge >= 0.3 is 6.09 Å². The number of piperazine rings is 1. The summed E-state index contributed by atoms with van der Waals surface area (Å²) in [7, 11) is 0. The van der Waals surface area contributed by atoms with Crippen LogP contribution in [0.5, 0.6) is 0 Å². The van der Waals surface area contributed by atoms with E-state index in [0.717, 1.165) is 42.1 Å². The molecule has 0 unspecified atom stereocenters. The standard InChI is InChI=1S/C37H44FN7O3/c1-24-9-6-10-26-11-7-13-31(33(24)26)42-18-15-29-30(23-42)40-32(21-27-12-8-17-45(27)36(47)48-37(3,4)5)41-34(29)43-19-20-44(35(46)25(2)38)28(22-43)14-16-39/h6-7,9-11,13,27-28H,2,8,12,14-15,17-23H2,1,3-5H3/t27-,28-/m0/s1. The Morgan fingerprint density at radius 3 is 2.54 bits per heavy atom. The number of carbonyl (C=O) groups is 2. The minimum absolute atomic E-state index is 0.0663. The maximum atomic E-state index is 13.9. The highest BCUT2D eigenvalue weighted by atomic mass is 19.1. The Labute approximate surface area is 281 Å². The second kappa shape index (κ2) is 13.4. The van der Waals surface area contributed by atoms with E-state index in [2.05, 4.69) is 65.8 Å². The second-order valence-electron chi connectivity index (χ2n) is 14.0. The Morgan fingerprint density at radius 1 is 1.04 bits per heavy atom. The third-order valence-corrected chi connectivity index (χ3v) is 9.55. The fourth-order valence-electron chi connectivity index (χ4n) is 7.36. The van der Waals surface area contributed by atoms with Crippen LogP contribution in [0.4, 0.5) is 20.7 Å².